The van der Waals surface area contributed by atoms with Crippen molar-refractivity contribution in [2.24, 2.45) is 5.73 Å². The number of nitrogens with two attached hydrogens (primary N) is 1. The van der Waals surface area contributed by atoms with Crippen molar-refractivity contribution in [1.29, 1.82) is 0 Å². The molecule has 2 aromatic carbocycles. The molecule has 5 heteroatoms. The Morgan fingerprint density at radius 2 is 1.88 bits per heavy atom. The summed E-state index contributed by atoms with van der Waals surface area (Å²) in [5.74, 6) is 0.0945. The van der Waals surface area contributed by atoms with E-state index in [0.717, 1.165) is 16.7 Å². The molecule has 5 nitrogen and oxygen atoms in total. The molecule has 0 saturated heterocycles. The number of fused-ring (bicyclic) bond motifs is 2. The van der Waals surface area contributed by atoms with E-state index in [0.29, 0.717) is 35.5 Å². The minimum atomic E-state index is -0.441. The van der Waals surface area contributed by atoms with Gasteiger partial charge in [0.25, 0.3) is 0 Å². The Labute approximate surface area is 138 Å². The number of anilines is 1. The molecule has 3 aromatic rings. The summed E-state index contributed by atoms with van der Waals surface area (Å²) in [5, 5.41) is 0.589. The van der Waals surface area contributed by atoms with Crippen LogP contribution in [0.1, 0.15) is 27.0 Å². The van der Waals surface area contributed by atoms with Crippen LogP contribution in [0, 0.1) is 6.92 Å². The van der Waals surface area contributed by atoms with Crippen molar-refractivity contribution in [3.05, 3.63) is 74.9 Å². The third-order valence-corrected chi connectivity index (χ3v) is 4.39. The summed E-state index contributed by atoms with van der Waals surface area (Å²) < 4.78 is 5.92. The summed E-state index contributed by atoms with van der Waals surface area (Å²) in [5.41, 5.74) is 9.51. The van der Waals surface area contributed by atoms with Crippen molar-refractivity contribution >= 4 is 22.8 Å². The first kappa shape index (κ1) is 14.5. The van der Waals surface area contributed by atoms with Crippen molar-refractivity contribution in [3.63, 3.8) is 0 Å². The van der Waals surface area contributed by atoms with Gasteiger partial charge in [0, 0.05) is 24.7 Å². The highest BCUT2D eigenvalue weighted by molar-refractivity contribution is 5.93. The minimum Gasteiger partial charge on any atom is -0.440 e. The second-order valence-electron chi connectivity index (χ2n) is 6.15. The van der Waals surface area contributed by atoms with Gasteiger partial charge in [-0.2, -0.15) is 0 Å². The minimum absolute atomic E-state index is 0.0521. The van der Waals surface area contributed by atoms with E-state index in [2.05, 4.69) is 0 Å². The molecule has 0 radical (unpaired) electrons. The van der Waals surface area contributed by atoms with Gasteiger partial charge in [-0.15, -0.1) is 0 Å². The maximum Gasteiger partial charge on any atom is 0.248 e. The van der Waals surface area contributed by atoms with Gasteiger partial charge in [0.05, 0.1) is 5.39 Å². The smallest absolute Gasteiger partial charge is 0.248 e. The molecule has 1 aromatic heterocycles. The molecule has 4 rings (SSSR count). The summed E-state index contributed by atoms with van der Waals surface area (Å²) in [6.45, 7) is 3.16. The first-order valence-corrected chi connectivity index (χ1v) is 7.72. The number of carbonyl (C=O) groups excluding carboxylic acids is 1. The van der Waals surface area contributed by atoms with Crippen LogP contribution in [0.5, 0.6) is 0 Å². The molecule has 1 aliphatic heterocycles. The normalized spacial score (nSPS) is 13.3. The number of hydrogen-bond acceptors (Lipinski definition) is 4. The Balaban J connectivity index is 1.73. The predicted octanol–water partition coefficient (Wildman–Crippen LogP) is 2.72. The molecule has 120 valence electrons. The average molecular weight is 320 g/mol. The molecule has 0 fully saturated rings. The number of aryl methyl sites for hydroxylation is 1. The van der Waals surface area contributed by atoms with E-state index < -0.39 is 5.91 Å². The van der Waals surface area contributed by atoms with E-state index >= 15 is 0 Å². The second kappa shape index (κ2) is 5.23. The van der Waals surface area contributed by atoms with E-state index in [-0.39, 0.29) is 5.43 Å². The molecule has 0 spiro atoms. The van der Waals surface area contributed by atoms with Crippen LogP contribution in [0.25, 0.3) is 11.0 Å². The lowest BCUT2D eigenvalue weighted by Gasteiger charge is -2.16. The van der Waals surface area contributed by atoms with Crippen LogP contribution in [-0.2, 0) is 13.1 Å². The van der Waals surface area contributed by atoms with Gasteiger partial charge in [0.2, 0.25) is 11.8 Å². The molecule has 0 aliphatic carbocycles. The lowest BCUT2D eigenvalue weighted by atomic mass is 10.1. The van der Waals surface area contributed by atoms with Gasteiger partial charge in [-0.05, 0) is 42.3 Å². The monoisotopic (exact) mass is 320 g/mol. The SMILES string of the molecule is Cc1ccc2oc(N3Cc4ccc(C(N)=O)cc4C3)cc(=O)c2c1. The first-order chi connectivity index (χ1) is 11.5. The Morgan fingerprint density at radius 3 is 2.67 bits per heavy atom. The first-order valence-electron chi connectivity index (χ1n) is 7.72. The van der Waals surface area contributed by atoms with Crippen molar-refractivity contribution in [2.75, 3.05) is 4.90 Å². The molecular formula is C19H16N2O3. The zero-order chi connectivity index (χ0) is 16.8. The van der Waals surface area contributed by atoms with Gasteiger partial charge >= 0.3 is 0 Å². The van der Waals surface area contributed by atoms with Crippen molar-refractivity contribution in [1.82, 2.24) is 0 Å². The van der Waals surface area contributed by atoms with Crippen LogP contribution in [0.4, 0.5) is 5.88 Å². The number of rotatable bonds is 2. The van der Waals surface area contributed by atoms with Crippen LogP contribution in [0.15, 0.2) is 51.7 Å². The molecular weight excluding hydrogens is 304 g/mol. The molecule has 0 bridgehead atoms. The van der Waals surface area contributed by atoms with Gasteiger partial charge in [-0.3, -0.25) is 9.59 Å². The highest BCUT2D eigenvalue weighted by atomic mass is 16.4. The van der Waals surface area contributed by atoms with Gasteiger partial charge in [-0.1, -0.05) is 17.7 Å². The Morgan fingerprint density at radius 1 is 1.08 bits per heavy atom. The highest BCUT2D eigenvalue weighted by Gasteiger charge is 2.22. The molecule has 0 atom stereocenters. The van der Waals surface area contributed by atoms with E-state index in [9.17, 15) is 9.59 Å². The molecule has 0 unspecified atom stereocenters. The van der Waals surface area contributed by atoms with Gasteiger partial charge in [-0.25, -0.2) is 0 Å². The van der Waals surface area contributed by atoms with Crippen molar-refractivity contribution in [3.8, 4) is 0 Å². The Kier molecular flexibility index (Phi) is 3.16. The predicted molar refractivity (Wildman–Crippen MR) is 92.1 cm³/mol. The van der Waals surface area contributed by atoms with E-state index in [4.69, 9.17) is 10.2 Å². The summed E-state index contributed by atoms with van der Waals surface area (Å²) >= 11 is 0. The number of hydrogen-bond donors (Lipinski definition) is 1. The van der Waals surface area contributed by atoms with Crippen LogP contribution in [0.3, 0.4) is 0 Å². The van der Waals surface area contributed by atoms with E-state index in [1.54, 1.807) is 12.1 Å². The standard InChI is InChI=1S/C19H16N2O3/c1-11-2-5-17-15(6-11)16(22)8-18(24-17)21-9-13-4-3-12(19(20)23)7-14(13)10-21/h2-8H,9-10H2,1H3,(H2,20,23). The van der Waals surface area contributed by atoms with Gasteiger partial charge in [0.1, 0.15) is 5.58 Å². The molecule has 24 heavy (non-hydrogen) atoms. The summed E-state index contributed by atoms with van der Waals surface area (Å²) in [6.07, 6.45) is 0. The summed E-state index contributed by atoms with van der Waals surface area (Å²) in [7, 11) is 0. The lowest BCUT2D eigenvalue weighted by molar-refractivity contribution is 0.1000. The van der Waals surface area contributed by atoms with Crippen LogP contribution in [-0.4, -0.2) is 5.91 Å². The molecule has 1 amide bonds. The second-order valence-corrected chi connectivity index (χ2v) is 6.15. The Hall–Kier alpha value is -3.08. The van der Waals surface area contributed by atoms with E-state index in [1.807, 2.05) is 36.1 Å². The van der Waals surface area contributed by atoms with Crippen LogP contribution in [0.2, 0.25) is 0 Å². The number of benzene rings is 2. The number of primary amides is 1. The topological polar surface area (TPSA) is 76.5 Å². The lowest BCUT2D eigenvalue weighted by Crippen LogP contribution is -2.16. The highest BCUT2D eigenvalue weighted by Crippen LogP contribution is 2.30. The fourth-order valence-electron chi connectivity index (χ4n) is 3.12. The van der Waals surface area contributed by atoms with Crippen LogP contribution >= 0.6 is 0 Å². The van der Waals surface area contributed by atoms with Crippen LogP contribution < -0.4 is 16.1 Å². The van der Waals surface area contributed by atoms with Crippen molar-refractivity contribution in [2.45, 2.75) is 20.0 Å². The quantitative estimate of drug-likeness (QED) is 0.787. The largest absolute Gasteiger partial charge is 0.440 e. The van der Waals surface area contributed by atoms with E-state index in [1.165, 1.54) is 6.07 Å². The zero-order valence-electron chi connectivity index (χ0n) is 13.2. The molecule has 1 aliphatic rings. The fraction of sp³-hybridized carbons (Fsp3) is 0.158. The fourth-order valence-corrected chi connectivity index (χ4v) is 3.12. The summed E-state index contributed by atoms with van der Waals surface area (Å²) in [6, 6.07) is 12.5. The number of amides is 1. The zero-order valence-corrected chi connectivity index (χ0v) is 13.2. The van der Waals surface area contributed by atoms with Gasteiger partial charge < -0.3 is 15.1 Å². The average Bonchev–Trinajstić information content (AvgIpc) is 2.98. The maximum absolute atomic E-state index is 12.4. The third kappa shape index (κ3) is 2.34. The summed E-state index contributed by atoms with van der Waals surface area (Å²) in [4.78, 5) is 25.7. The molecule has 2 N–H and O–H groups in total. The third-order valence-electron chi connectivity index (χ3n) is 4.39. The van der Waals surface area contributed by atoms with Crippen molar-refractivity contribution < 1.29 is 9.21 Å². The molecule has 0 saturated carbocycles. The Bertz CT molecular complexity index is 1040. The molecule has 2 heterocycles. The van der Waals surface area contributed by atoms with Gasteiger partial charge in [0.15, 0.2) is 5.43 Å². The maximum atomic E-state index is 12.4. The number of carbonyl (C=O) groups is 1. The number of nitrogens with zero attached hydrogens (tertiary/aromatic N) is 1.